The van der Waals surface area contributed by atoms with E-state index in [1.165, 1.54) is 6.92 Å². The van der Waals surface area contributed by atoms with Crippen molar-refractivity contribution in [3.63, 3.8) is 0 Å². The Morgan fingerprint density at radius 2 is 1.90 bits per heavy atom. The molecule has 0 aliphatic heterocycles. The van der Waals surface area contributed by atoms with E-state index in [0.717, 1.165) is 22.0 Å². The van der Waals surface area contributed by atoms with E-state index in [0.29, 0.717) is 12.8 Å². The predicted octanol–water partition coefficient (Wildman–Crippen LogP) is 3.51. The topological polar surface area (TPSA) is 72.2 Å². The van der Waals surface area contributed by atoms with Crippen LogP contribution in [0.1, 0.15) is 25.8 Å². The zero-order chi connectivity index (χ0) is 15.4. The SMILES string of the molecule is CCC(Cc1c(I)cc(I)c(NC(C)=O)c1I)C(N)=O. The van der Waals surface area contributed by atoms with E-state index in [9.17, 15) is 9.59 Å². The first-order valence-electron chi connectivity index (χ1n) is 6.01. The average molecular weight is 612 g/mol. The number of halogens is 3. The van der Waals surface area contributed by atoms with Crippen LogP contribution in [0.25, 0.3) is 0 Å². The summed E-state index contributed by atoms with van der Waals surface area (Å²) in [6.07, 6.45) is 1.31. The largest absolute Gasteiger partial charge is 0.369 e. The van der Waals surface area contributed by atoms with Gasteiger partial charge in [0.15, 0.2) is 0 Å². The van der Waals surface area contributed by atoms with Crippen LogP contribution in [-0.4, -0.2) is 11.8 Å². The monoisotopic (exact) mass is 612 g/mol. The second kappa shape index (κ2) is 8.11. The molecule has 2 amide bonds. The molecule has 0 aromatic heterocycles. The maximum atomic E-state index is 11.4. The number of anilines is 1. The number of benzene rings is 1. The molecule has 1 rings (SSSR count). The maximum Gasteiger partial charge on any atom is 0.221 e. The van der Waals surface area contributed by atoms with Crippen LogP contribution >= 0.6 is 67.8 Å². The Kier molecular flexibility index (Phi) is 7.46. The zero-order valence-electron chi connectivity index (χ0n) is 11.1. The highest BCUT2D eigenvalue weighted by Gasteiger charge is 2.20. The van der Waals surface area contributed by atoms with Gasteiger partial charge in [0.2, 0.25) is 11.8 Å². The van der Waals surface area contributed by atoms with Gasteiger partial charge < -0.3 is 11.1 Å². The molecule has 0 bridgehead atoms. The molecule has 1 unspecified atom stereocenters. The molecule has 0 radical (unpaired) electrons. The molecule has 0 saturated carbocycles. The summed E-state index contributed by atoms with van der Waals surface area (Å²) in [5.74, 6) is -0.559. The van der Waals surface area contributed by atoms with E-state index in [2.05, 4.69) is 73.1 Å². The third-order valence-electron chi connectivity index (χ3n) is 2.91. The first-order valence-corrected chi connectivity index (χ1v) is 9.24. The highest BCUT2D eigenvalue weighted by atomic mass is 127. The highest BCUT2D eigenvalue weighted by Crippen LogP contribution is 2.33. The predicted molar refractivity (Wildman–Crippen MR) is 106 cm³/mol. The van der Waals surface area contributed by atoms with E-state index in [4.69, 9.17) is 5.73 Å². The van der Waals surface area contributed by atoms with E-state index in [1.807, 2.05) is 13.0 Å². The molecule has 0 fully saturated rings. The van der Waals surface area contributed by atoms with Crippen LogP contribution in [0.15, 0.2) is 6.07 Å². The molecular weight excluding hydrogens is 597 g/mol. The lowest BCUT2D eigenvalue weighted by atomic mass is 9.96. The van der Waals surface area contributed by atoms with Gasteiger partial charge in [-0.25, -0.2) is 0 Å². The summed E-state index contributed by atoms with van der Waals surface area (Å²) in [7, 11) is 0. The summed E-state index contributed by atoms with van der Waals surface area (Å²) in [6.45, 7) is 3.44. The van der Waals surface area contributed by atoms with E-state index in [1.54, 1.807) is 0 Å². The second-order valence-corrected chi connectivity index (χ2v) is 7.80. The first-order chi connectivity index (χ1) is 9.27. The molecule has 110 valence electrons. The molecule has 0 aliphatic carbocycles. The number of nitrogens with two attached hydrogens (primary N) is 1. The highest BCUT2D eigenvalue weighted by molar-refractivity contribution is 14.1. The van der Waals surface area contributed by atoms with E-state index < -0.39 is 0 Å². The number of primary amides is 1. The van der Waals surface area contributed by atoms with Crippen molar-refractivity contribution in [2.24, 2.45) is 11.7 Å². The van der Waals surface area contributed by atoms with Crippen molar-refractivity contribution >= 4 is 85.3 Å². The summed E-state index contributed by atoms with van der Waals surface area (Å²) >= 11 is 6.68. The van der Waals surface area contributed by atoms with Crippen LogP contribution in [0, 0.1) is 16.6 Å². The Balaban J connectivity index is 3.25. The van der Waals surface area contributed by atoms with Gasteiger partial charge in [0.25, 0.3) is 0 Å². The number of carbonyl (C=O) groups excluding carboxylic acids is 2. The van der Waals surface area contributed by atoms with Crippen molar-refractivity contribution in [2.75, 3.05) is 5.32 Å². The molecule has 3 N–H and O–H groups in total. The third kappa shape index (κ3) is 4.68. The van der Waals surface area contributed by atoms with Gasteiger partial charge in [-0.15, -0.1) is 0 Å². The van der Waals surface area contributed by atoms with Crippen LogP contribution in [0.2, 0.25) is 0 Å². The minimum Gasteiger partial charge on any atom is -0.369 e. The fourth-order valence-corrected chi connectivity index (χ4v) is 5.88. The summed E-state index contributed by atoms with van der Waals surface area (Å²) in [5.41, 5.74) is 7.31. The van der Waals surface area contributed by atoms with Crippen molar-refractivity contribution < 1.29 is 9.59 Å². The van der Waals surface area contributed by atoms with Crippen molar-refractivity contribution in [3.8, 4) is 0 Å². The molecular formula is C13H15I3N2O2. The Labute approximate surface area is 159 Å². The van der Waals surface area contributed by atoms with Crippen LogP contribution in [0.3, 0.4) is 0 Å². The van der Waals surface area contributed by atoms with Crippen molar-refractivity contribution in [2.45, 2.75) is 26.7 Å². The van der Waals surface area contributed by atoms with Gasteiger partial charge in [0, 0.05) is 23.6 Å². The van der Waals surface area contributed by atoms with Crippen LogP contribution in [-0.2, 0) is 16.0 Å². The van der Waals surface area contributed by atoms with E-state index >= 15 is 0 Å². The number of rotatable bonds is 5. The molecule has 20 heavy (non-hydrogen) atoms. The normalized spacial score (nSPS) is 12.1. The Morgan fingerprint density at radius 3 is 2.35 bits per heavy atom. The Hall–Kier alpha value is 0.350. The Bertz CT molecular complexity index is 547. The lowest BCUT2D eigenvalue weighted by Gasteiger charge is -2.18. The van der Waals surface area contributed by atoms with Crippen LogP contribution in [0.4, 0.5) is 5.69 Å². The molecule has 7 heteroatoms. The van der Waals surface area contributed by atoms with Gasteiger partial charge in [-0.05, 0) is 92.2 Å². The van der Waals surface area contributed by atoms with Crippen LogP contribution < -0.4 is 11.1 Å². The molecule has 0 saturated heterocycles. The quantitative estimate of drug-likeness (QED) is 0.501. The third-order valence-corrected chi connectivity index (χ3v) is 5.92. The van der Waals surface area contributed by atoms with Gasteiger partial charge in [-0.2, -0.15) is 0 Å². The number of carbonyl (C=O) groups is 2. The van der Waals surface area contributed by atoms with Crippen LogP contribution in [0.5, 0.6) is 0 Å². The van der Waals surface area contributed by atoms with Gasteiger partial charge in [0.1, 0.15) is 0 Å². The van der Waals surface area contributed by atoms with Crippen molar-refractivity contribution in [3.05, 3.63) is 22.3 Å². The molecule has 1 atom stereocenters. The maximum absolute atomic E-state index is 11.4. The van der Waals surface area contributed by atoms with Gasteiger partial charge in [-0.1, -0.05) is 6.92 Å². The minimum absolute atomic E-state index is 0.102. The minimum atomic E-state index is -0.279. The van der Waals surface area contributed by atoms with Gasteiger partial charge >= 0.3 is 0 Å². The number of hydrogen-bond donors (Lipinski definition) is 2. The number of amides is 2. The lowest BCUT2D eigenvalue weighted by molar-refractivity contribution is -0.121. The summed E-state index contributed by atoms with van der Waals surface area (Å²) in [5, 5.41) is 2.86. The molecule has 1 aromatic rings. The number of nitrogens with one attached hydrogen (secondary N) is 1. The average Bonchev–Trinajstić information content (AvgIpc) is 2.33. The fourth-order valence-electron chi connectivity index (χ4n) is 1.80. The molecule has 0 aliphatic rings. The smallest absolute Gasteiger partial charge is 0.221 e. The lowest BCUT2D eigenvalue weighted by Crippen LogP contribution is -2.25. The summed E-state index contributed by atoms with van der Waals surface area (Å²) < 4.78 is 3.06. The molecule has 0 heterocycles. The molecule has 4 nitrogen and oxygen atoms in total. The van der Waals surface area contributed by atoms with Gasteiger partial charge in [-0.3, -0.25) is 9.59 Å². The van der Waals surface area contributed by atoms with Crippen molar-refractivity contribution in [1.29, 1.82) is 0 Å². The summed E-state index contributed by atoms with van der Waals surface area (Å²) in [4.78, 5) is 22.7. The Morgan fingerprint density at radius 1 is 1.30 bits per heavy atom. The van der Waals surface area contributed by atoms with Crippen molar-refractivity contribution in [1.82, 2.24) is 0 Å². The summed E-state index contributed by atoms with van der Waals surface area (Å²) in [6, 6.07) is 2.01. The van der Waals surface area contributed by atoms with E-state index in [-0.39, 0.29) is 17.7 Å². The fraction of sp³-hybridized carbons (Fsp3) is 0.385. The number of hydrogen-bond acceptors (Lipinski definition) is 2. The first kappa shape index (κ1) is 18.4. The second-order valence-electron chi connectivity index (χ2n) is 4.40. The molecule has 1 aromatic carbocycles. The standard InChI is InChI=1S/C13H15I3N2O2/c1-3-7(13(17)20)4-8-9(14)5-10(15)12(11(8)16)18-6(2)19/h5,7H,3-4H2,1-2H3,(H2,17,20)(H,18,19). The van der Waals surface area contributed by atoms with Gasteiger partial charge in [0.05, 0.1) is 5.69 Å². The zero-order valence-corrected chi connectivity index (χ0v) is 17.6. The molecule has 0 spiro atoms.